The van der Waals surface area contributed by atoms with Gasteiger partial charge in [-0.15, -0.1) is 0 Å². The number of aromatic nitrogens is 1. The zero-order chi connectivity index (χ0) is 33.1. The van der Waals surface area contributed by atoms with Crippen molar-refractivity contribution in [2.75, 3.05) is 5.75 Å². The summed E-state index contributed by atoms with van der Waals surface area (Å²) in [5, 5.41) is 29.8. The lowest BCUT2D eigenvalue weighted by Gasteiger charge is -2.26. The maximum atomic E-state index is 13.5. The molecule has 3 rings (SSSR count). The molecule has 0 radical (unpaired) electrons. The summed E-state index contributed by atoms with van der Waals surface area (Å²) in [6.07, 6.45) is 0.847. The third-order valence-corrected chi connectivity index (χ3v) is 7.29. The van der Waals surface area contributed by atoms with E-state index in [-0.39, 0.29) is 30.8 Å². The summed E-state index contributed by atoms with van der Waals surface area (Å²) < 4.78 is 0. The Morgan fingerprint density at radius 2 is 1.40 bits per heavy atom. The Bertz CT molecular complexity index is 1540. The van der Waals surface area contributed by atoms with Gasteiger partial charge in [0.15, 0.2) is 0 Å². The molecule has 0 aliphatic carbocycles. The molecular weight excluding hydrogens is 604 g/mol. The minimum atomic E-state index is -1.42. The van der Waals surface area contributed by atoms with Crippen molar-refractivity contribution in [1.82, 2.24) is 26.3 Å². The fraction of sp³-hybridized carbons (Fsp3) is 0.333. The number of aromatic hydroxyl groups is 1. The Morgan fingerprint density at radius 1 is 0.822 bits per heavy atom. The number of carbonyl (C=O) groups excluding carboxylic acids is 5. The van der Waals surface area contributed by atoms with Crippen molar-refractivity contribution in [3.05, 3.63) is 65.9 Å². The smallest absolute Gasteiger partial charge is 0.303 e. The number of hydrogen-bond donors (Lipinski definition) is 9. The first-order valence-corrected chi connectivity index (χ1v) is 14.6. The quantitative estimate of drug-likeness (QED) is 0.0957. The van der Waals surface area contributed by atoms with Gasteiger partial charge < -0.3 is 42.2 Å². The monoisotopic (exact) mass is 640 g/mol. The summed E-state index contributed by atoms with van der Waals surface area (Å²) in [6, 6.07) is 8.21. The van der Waals surface area contributed by atoms with E-state index >= 15 is 0 Å². The van der Waals surface area contributed by atoms with Crippen LogP contribution in [0.1, 0.15) is 30.9 Å². The molecule has 1 heterocycles. The van der Waals surface area contributed by atoms with Crippen molar-refractivity contribution in [2.45, 2.75) is 56.8 Å². The first-order chi connectivity index (χ1) is 21.4. The predicted octanol–water partition coefficient (Wildman–Crippen LogP) is -0.102. The Morgan fingerprint density at radius 3 is 2.00 bits per heavy atom. The number of H-pyrrole nitrogens is 1. The Hall–Kier alpha value is -5.05. The van der Waals surface area contributed by atoms with Crippen LogP contribution in [-0.2, 0) is 41.6 Å². The molecule has 0 aliphatic rings. The van der Waals surface area contributed by atoms with Crippen molar-refractivity contribution >= 4 is 59.0 Å². The summed E-state index contributed by atoms with van der Waals surface area (Å²) in [4.78, 5) is 78.4. The van der Waals surface area contributed by atoms with Crippen molar-refractivity contribution < 1.29 is 39.0 Å². The van der Waals surface area contributed by atoms with Crippen molar-refractivity contribution in [2.24, 2.45) is 5.73 Å². The topological polar surface area (TPSA) is 233 Å². The van der Waals surface area contributed by atoms with E-state index in [1.54, 1.807) is 6.20 Å². The number of nitrogens with one attached hydrogen (secondary N) is 5. The van der Waals surface area contributed by atoms with Crippen molar-refractivity contribution in [3.8, 4) is 5.75 Å². The first kappa shape index (κ1) is 34.4. The Labute approximate surface area is 263 Å². The van der Waals surface area contributed by atoms with E-state index in [9.17, 15) is 39.0 Å². The lowest BCUT2D eigenvalue weighted by atomic mass is 10.0. The molecule has 3 aromatic rings. The SMILES string of the molecule is CC(=O)N[C@@H](Cc1c[nH]c2ccccc12)C(=O)N[C@@H](CCC(=O)O)C(=O)N[C@@H](Cc1ccc(O)cc1)C(=O)N[C@@H](CS)C(N)=O. The second-order valence-electron chi connectivity index (χ2n) is 10.4. The van der Waals surface area contributed by atoms with E-state index in [2.05, 4.69) is 38.9 Å². The number of hydrogen-bond acceptors (Lipinski definition) is 8. The number of aromatic amines is 1. The molecule has 15 heteroatoms. The second kappa shape index (κ2) is 16.1. The molecule has 14 nitrogen and oxygen atoms in total. The molecule has 0 saturated carbocycles. The van der Waals surface area contributed by atoms with Gasteiger partial charge >= 0.3 is 5.97 Å². The molecule has 0 spiro atoms. The molecule has 0 fully saturated rings. The Kier molecular flexibility index (Phi) is 12.4. The van der Waals surface area contributed by atoms with Crippen LogP contribution in [0.5, 0.6) is 5.75 Å². The van der Waals surface area contributed by atoms with Gasteiger partial charge in [0.2, 0.25) is 29.5 Å². The number of phenols is 1. The van der Waals surface area contributed by atoms with Gasteiger partial charge in [0.25, 0.3) is 0 Å². The van der Waals surface area contributed by atoms with Crippen LogP contribution in [0.4, 0.5) is 0 Å². The van der Waals surface area contributed by atoms with E-state index in [1.807, 2.05) is 24.3 Å². The number of carboxylic acid groups (broad SMARTS) is 1. The molecular formula is C30H36N6O8S. The lowest BCUT2D eigenvalue weighted by molar-refractivity contribution is -0.138. The minimum absolute atomic E-state index is 0.0227. The third kappa shape index (κ3) is 10.3. The van der Waals surface area contributed by atoms with Gasteiger partial charge in [0.05, 0.1) is 0 Å². The molecule has 4 atom stereocenters. The van der Waals surface area contributed by atoms with E-state index in [1.165, 1.54) is 31.2 Å². The van der Waals surface area contributed by atoms with Gasteiger partial charge in [-0.1, -0.05) is 30.3 Å². The zero-order valence-electron chi connectivity index (χ0n) is 24.4. The minimum Gasteiger partial charge on any atom is -0.508 e. The lowest BCUT2D eigenvalue weighted by Crippen LogP contribution is -2.59. The number of primary amides is 1. The van der Waals surface area contributed by atoms with Gasteiger partial charge in [-0.3, -0.25) is 28.8 Å². The highest BCUT2D eigenvalue weighted by Crippen LogP contribution is 2.19. The number of nitrogens with two attached hydrogens (primary N) is 1. The predicted molar refractivity (Wildman–Crippen MR) is 167 cm³/mol. The van der Waals surface area contributed by atoms with Gasteiger partial charge in [-0.05, 0) is 35.7 Å². The summed E-state index contributed by atoms with van der Waals surface area (Å²) in [6.45, 7) is 1.24. The highest BCUT2D eigenvalue weighted by atomic mass is 32.1. The number of rotatable bonds is 16. The summed E-state index contributed by atoms with van der Waals surface area (Å²) in [5.74, 6) is -5.12. The van der Waals surface area contributed by atoms with Crippen LogP contribution in [-0.4, -0.2) is 80.6 Å². The number of benzene rings is 2. The normalized spacial score (nSPS) is 13.6. The van der Waals surface area contributed by atoms with Crippen LogP contribution in [0.25, 0.3) is 10.9 Å². The average Bonchev–Trinajstić information content (AvgIpc) is 3.40. The number of carboxylic acids is 1. The molecule has 0 saturated heterocycles. The standard InChI is InChI=1S/C30H36N6O8S/c1-16(37)33-24(13-18-14-32-21-5-3-2-4-20(18)21)30(44)34-22(10-11-26(39)40)28(42)35-23(12-17-6-8-19(38)9-7-17)29(43)36-25(15-45)27(31)41/h2-9,14,22-25,32,38,45H,10-13,15H2,1H3,(H2,31,41)(H,33,37)(H,34,44)(H,35,42)(H,36,43)(H,39,40)/t22-,23-,24-,25-/m0/s1. The zero-order valence-corrected chi connectivity index (χ0v) is 25.3. The Balaban J connectivity index is 1.85. The number of thiol groups is 1. The molecule has 2 aromatic carbocycles. The third-order valence-electron chi connectivity index (χ3n) is 6.92. The number of fused-ring (bicyclic) bond motifs is 1. The molecule has 5 amide bonds. The number of phenolic OH excluding ortho intramolecular Hbond substituents is 1. The van der Waals surface area contributed by atoms with Crippen LogP contribution in [0, 0.1) is 0 Å². The average molecular weight is 641 g/mol. The fourth-order valence-corrected chi connectivity index (χ4v) is 4.88. The van der Waals surface area contributed by atoms with Crippen LogP contribution < -0.4 is 27.0 Å². The summed E-state index contributed by atoms with van der Waals surface area (Å²) >= 11 is 4.02. The number of carbonyl (C=O) groups is 6. The van der Waals surface area contributed by atoms with Gasteiger partial charge in [-0.2, -0.15) is 12.6 Å². The van der Waals surface area contributed by atoms with E-state index < -0.39 is 66.1 Å². The molecule has 1 aromatic heterocycles. The van der Waals surface area contributed by atoms with Crippen LogP contribution >= 0.6 is 12.6 Å². The van der Waals surface area contributed by atoms with Gasteiger partial charge in [-0.25, -0.2) is 0 Å². The van der Waals surface area contributed by atoms with Crippen LogP contribution in [0.2, 0.25) is 0 Å². The second-order valence-corrected chi connectivity index (χ2v) is 10.8. The molecule has 0 bridgehead atoms. The van der Waals surface area contributed by atoms with Crippen molar-refractivity contribution in [1.29, 1.82) is 0 Å². The molecule has 0 aliphatic heterocycles. The molecule has 9 N–H and O–H groups in total. The highest BCUT2D eigenvalue weighted by Gasteiger charge is 2.31. The molecule has 45 heavy (non-hydrogen) atoms. The van der Waals surface area contributed by atoms with Gasteiger partial charge in [0.1, 0.15) is 29.9 Å². The van der Waals surface area contributed by atoms with E-state index in [0.717, 1.165) is 16.5 Å². The maximum Gasteiger partial charge on any atom is 0.303 e. The number of para-hydroxylation sites is 1. The molecule has 0 unspecified atom stereocenters. The highest BCUT2D eigenvalue weighted by molar-refractivity contribution is 7.80. The largest absolute Gasteiger partial charge is 0.508 e. The van der Waals surface area contributed by atoms with E-state index in [4.69, 9.17) is 5.73 Å². The van der Waals surface area contributed by atoms with Crippen LogP contribution in [0.3, 0.4) is 0 Å². The summed E-state index contributed by atoms with van der Waals surface area (Å²) in [5.41, 5.74) is 7.41. The van der Waals surface area contributed by atoms with Crippen molar-refractivity contribution in [3.63, 3.8) is 0 Å². The maximum absolute atomic E-state index is 13.5. The molecule has 240 valence electrons. The number of aliphatic carboxylic acids is 1. The van der Waals surface area contributed by atoms with Gasteiger partial charge in [0, 0.05) is 49.0 Å². The van der Waals surface area contributed by atoms with Crippen LogP contribution in [0.15, 0.2) is 54.7 Å². The van der Waals surface area contributed by atoms with E-state index in [0.29, 0.717) is 5.56 Å². The first-order valence-electron chi connectivity index (χ1n) is 14.0. The summed E-state index contributed by atoms with van der Waals surface area (Å²) in [7, 11) is 0. The fourth-order valence-electron chi connectivity index (χ4n) is 4.61. The number of amides is 5.